The molecule has 0 spiro atoms. The Hall–Kier alpha value is -3.19. The van der Waals surface area contributed by atoms with Crippen LogP contribution in [-0.4, -0.2) is 47.4 Å². The van der Waals surface area contributed by atoms with E-state index in [4.69, 9.17) is 4.74 Å². The minimum absolute atomic E-state index is 0.00145. The number of piperidine rings is 1. The molecule has 1 saturated carbocycles. The molecule has 35 heavy (non-hydrogen) atoms. The predicted octanol–water partition coefficient (Wildman–Crippen LogP) is 4.56. The summed E-state index contributed by atoms with van der Waals surface area (Å²) in [5.41, 5.74) is 5.61. The van der Waals surface area contributed by atoms with Gasteiger partial charge in [-0.1, -0.05) is 29.8 Å². The summed E-state index contributed by atoms with van der Waals surface area (Å²) < 4.78 is 5.61. The summed E-state index contributed by atoms with van der Waals surface area (Å²) in [5.74, 6) is 1.66. The number of amides is 2. The number of nitrogens with zero attached hydrogens (tertiary/aromatic N) is 2. The van der Waals surface area contributed by atoms with Gasteiger partial charge in [-0.2, -0.15) is 0 Å². The Morgan fingerprint density at radius 3 is 2.89 bits per heavy atom. The van der Waals surface area contributed by atoms with Crippen LogP contribution in [0.15, 0.2) is 36.4 Å². The highest BCUT2D eigenvalue weighted by atomic mass is 32.1. The quantitative estimate of drug-likeness (QED) is 0.573. The first-order chi connectivity index (χ1) is 16.9. The van der Waals surface area contributed by atoms with E-state index in [0.29, 0.717) is 36.2 Å². The summed E-state index contributed by atoms with van der Waals surface area (Å²) in [4.78, 5) is 34.4. The number of rotatable bonds is 5. The van der Waals surface area contributed by atoms with Crippen LogP contribution in [0.3, 0.4) is 0 Å². The largest absolute Gasteiger partial charge is 0.493 e. The van der Waals surface area contributed by atoms with E-state index in [-0.39, 0.29) is 17.9 Å². The minimum atomic E-state index is -0.0932. The molecule has 180 valence electrons. The molecule has 0 radical (unpaired) electrons. The van der Waals surface area contributed by atoms with Gasteiger partial charge < -0.3 is 15.0 Å². The Labute approximate surface area is 209 Å². The number of aromatic nitrogens is 1. The van der Waals surface area contributed by atoms with E-state index >= 15 is 0 Å². The predicted molar refractivity (Wildman–Crippen MR) is 136 cm³/mol. The topological polar surface area (TPSA) is 71.5 Å². The van der Waals surface area contributed by atoms with Crippen LogP contribution in [0, 0.1) is 32.6 Å². The Kier molecular flexibility index (Phi) is 5.40. The third-order valence-electron chi connectivity index (χ3n) is 7.59. The highest BCUT2D eigenvalue weighted by Crippen LogP contribution is 2.50. The van der Waals surface area contributed by atoms with Gasteiger partial charge in [0.05, 0.1) is 22.5 Å². The van der Waals surface area contributed by atoms with Gasteiger partial charge in [0, 0.05) is 30.6 Å². The van der Waals surface area contributed by atoms with Crippen LogP contribution < -0.4 is 10.1 Å². The molecule has 7 heteroatoms. The van der Waals surface area contributed by atoms with E-state index in [0.717, 1.165) is 51.7 Å². The van der Waals surface area contributed by atoms with Gasteiger partial charge in [-0.3, -0.25) is 9.59 Å². The van der Waals surface area contributed by atoms with Gasteiger partial charge in [-0.05, 0) is 62.3 Å². The average molecular weight is 488 g/mol. The highest BCUT2D eigenvalue weighted by molar-refractivity contribution is 7.15. The van der Waals surface area contributed by atoms with Gasteiger partial charge in [0.2, 0.25) is 0 Å². The van der Waals surface area contributed by atoms with Gasteiger partial charge in [-0.25, -0.2) is 4.98 Å². The van der Waals surface area contributed by atoms with Gasteiger partial charge >= 0.3 is 0 Å². The van der Waals surface area contributed by atoms with E-state index in [1.165, 1.54) is 5.56 Å². The fourth-order valence-electron chi connectivity index (χ4n) is 5.75. The number of fused-ring (bicyclic) bond motifs is 2. The maximum absolute atomic E-state index is 13.8. The molecular weight excluding hydrogens is 458 g/mol. The van der Waals surface area contributed by atoms with Crippen molar-refractivity contribution in [3.05, 3.63) is 69.4 Å². The van der Waals surface area contributed by atoms with Crippen molar-refractivity contribution in [2.45, 2.75) is 39.7 Å². The number of benzene rings is 2. The molecule has 1 aliphatic carbocycles. The molecule has 1 N–H and O–H groups in total. The Morgan fingerprint density at radius 2 is 2.06 bits per heavy atom. The van der Waals surface area contributed by atoms with Gasteiger partial charge in [0.15, 0.2) is 0 Å². The van der Waals surface area contributed by atoms with Crippen molar-refractivity contribution in [2.75, 3.05) is 19.7 Å². The first-order valence-electron chi connectivity index (χ1n) is 12.3. The van der Waals surface area contributed by atoms with Crippen molar-refractivity contribution < 1.29 is 14.3 Å². The number of likely N-dealkylation sites (tertiary alicyclic amines) is 1. The van der Waals surface area contributed by atoms with Gasteiger partial charge in [0.25, 0.3) is 11.8 Å². The molecular formula is C28H29N3O3S. The van der Waals surface area contributed by atoms with Crippen molar-refractivity contribution in [2.24, 2.45) is 11.8 Å². The third kappa shape index (κ3) is 3.92. The van der Waals surface area contributed by atoms with Gasteiger partial charge in [0.1, 0.15) is 11.4 Å². The summed E-state index contributed by atoms with van der Waals surface area (Å²) in [7, 11) is 0. The zero-order valence-electron chi connectivity index (χ0n) is 20.3. The number of carbonyl (C=O) groups is 2. The number of hydrogen-bond donors (Lipinski definition) is 1. The van der Waals surface area contributed by atoms with E-state index < -0.39 is 0 Å². The fraction of sp³-hybridized carbons (Fsp3) is 0.393. The van der Waals surface area contributed by atoms with Crippen LogP contribution >= 0.6 is 11.3 Å². The van der Waals surface area contributed by atoms with Gasteiger partial charge in [-0.15, -0.1) is 11.3 Å². The fourth-order valence-corrected chi connectivity index (χ4v) is 6.75. The molecule has 2 fully saturated rings. The normalized spacial score (nSPS) is 21.9. The first kappa shape index (κ1) is 22.3. The van der Waals surface area contributed by atoms with Crippen LogP contribution in [-0.2, 0) is 6.42 Å². The molecule has 0 unspecified atom stereocenters. The van der Waals surface area contributed by atoms with Crippen molar-refractivity contribution in [1.82, 2.24) is 15.2 Å². The zero-order chi connectivity index (χ0) is 24.3. The van der Waals surface area contributed by atoms with E-state index in [9.17, 15) is 9.59 Å². The van der Waals surface area contributed by atoms with Crippen molar-refractivity contribution >= 4 is 23.2 Å². The molecule has 2 aliphatic heterocycles. The molecule has 2 amide bonds. The Balaban J connectivity index is 1.23. The Morgan fingerprint density at radius 1 is 1.20 bits per heavy atom. The van der Waals surface area contributed by atoms with Crippen molar-refractivity contribution in [3.8, 4) is 16.2 Å². The monoisotopic (exact) mass is 487 g/mol. The summed E-state index contributed by atoms with van der Waals surface area (Å²) in [6.45, 7) is 7.92. The molecule has 3 aromatic rings. The molecule has 1 saturated heterocycles. The second-order valence-electron chi connectivity index (χ2n) is 10.0. The Bertz CT molecular complexity index is 1350. The smallest absolute Gasteiger partial charge is 0.274 e. The second kappa shape index (κ2) is 8.48. The van der Waals surface area contributed by atoms with E-state index in [1.807, 2.05) is 30.0 Å². The average Bonchev–Trinajstić information content (AvgIpc) is 3.15. The second-order valence-corrected chi connectivity index (χ2v) is 11.2. The van der Waals surface area contributed by atoms with E-state index in [2.05, 4.69) is 42.3 Å². The lowest BCUT2D eigenvalue weighted by Crippen LogP contribution is -2.45. The van der Waals surface area contributed by atoms with Crippen LogP contribution in [0.5, 0.6) is 5.75 Å². The lowest BCUT2D eigenvalue weighted by Gasteiger charge is -2.27. The van der Waals surface area contributed by atoms with Crippen LogP contribution in [0.2, 0.25) is 0 Å². The SMILES string of the molecule is Cc1ccc(-c2sc(C)nc2C(=O)N2C[C@@H]3C[C@@H]3[C@H]2CNC(=O)c2cccc3c2CCO3)c(C)c1. The number of aryl methyl sites for hydroxylation is 3. The van der Waals surface area contributed by atoms with Crippen molar-refractivity contribution in [3.63, 3.8) is 0 Å². The molecule has 0 bridgehead atoms. The van der Waals surface area contributed by atoms with Crippen LogP contribution in [0.25, 0.3) is 10.4 Å². The maximum atomic E-state index is 13.8. The zero-order valence-corrected chi connectivity index (χ0v) is 21.1. The van der Waals surface area contributed by atoms with E-state index in [1.54, 1.807) is 11.3 Å². The lowest BCUT2D eigenvalue weighted by molar-refractivity contribution is 0.0690. The molecule has 2 aromatic carbocycles. The number of nitrogens with one attached hydrogen (secondary N) is 1. The third-order valence-corrected chi connectivity index (χ3v) is 8.59. The van der Waals surface area contributed by atoms with Crippen LogP contribution in [0.4, 0.5) is 0 Å². The first-order valence-corrected chi connectivity index (χ1v) is 13.1. The standard InChI is InChI=1S/C28H29N3O3S/c1-15-7-8-19(16(2)11-15)26-25(30-17(3)35-26)28(33)31-14-18-12-22(18)23(31)13-29-27(32)21-5-4-6-24-20(21)9-10-34-24/h4-8,11,18,22-23H,9-10,12-14H2,1-3H3,(H,29,32)/t18-,22-,23+/m0/s1. The maximum Gasteiger partial charge on any atom is 0.274 e. The molecule has 6 rings (SSSR count). The molecule has 3 atom stereocenters. The summed E-state index contributed by atoms with van der Waals surface area (Å²) in [5, 5.41) is 4.01. The number of carbonyl (C=O) groups excluding carboxylic acids is 2. The molecule has 3 heterocycles. The lowest BCUT2D eigenvalue weighted by atomic mass is 10.0. The summed E-state index contributed by atoms with van der Waals surface area (Å²) >= 11 is 1.57. The number of thiazole rings is 1. The van der Waals surface area contributed by atoms with Crippen LogP contribution in [0.1, 0.15) is 49.0 Å². The van der Waals surface area contributed by atoms with Crippen molar-refractivity contribution in [1.29, 1.82) is 0 Å². The minimum Gasteiger partial charge on any atom is -0.493 e. The molecule has 3 aliphatic rings. The number of hydrogen-bond acceptors (Lipinski definition) is 5. The summed E-state index contributed by atoms with van der Waals surface area (Å²) in [6.07, 6.45) is 1.88. The summed E-state index contributed by atoms with van der Waals surface area (Å²) in [6, 6.07) is 11.9. The number of ether oxygens (including phenoxy) is 1. The highest BCUT2D eigenvalue weighted by Gasteiger charge is 2.54. The molecule has 1 aromatic heterocycles. The molecule has 6 nitrogen and oxygen atoms in total.